The van der Waals surface area contributed by atoms with Crippen LogP contribution < -0.4 is 10.2 Å². The monoisotopic (exact) mass is 276 g/mol. The molecule has 1 aromatic rings. The van der Waals surface area contributed by atoms with Crippen LogP contribution in [0.2, 0.25) is 0 Å². The number of fused-ring (bicyclic) bond motifs is 1. The highest BCUT2D eigenvalue weighted by atomic mass is 16.5. The predicted octanol–water partition coefficient (Wildman–Crippen LogP) is 2.36. The standard InChI is InChI=1S/C16H24N2O2/c1-12(11-20-3)10-16(19)18-9-8-14(17-2)13-6-4-5-7-15(13)18/h4-7,12,14,17H,8-11H2,1-3H3. The molecule has 0 bridgehead atoms. The maximum atomic E-state index is 12.5. The number of benzene rings is 1. The Bertz CT molecular complexity index is 462. The van der Waals surface area contributed by atoms with Gasteiger partial charge in [0.25, 0.3) is 0 Å². The summed E-state index contributed by atoms with van der Waals surface area (Å²) in [5, 5.41) is 3.32. The SMILES string of the molecule is CNC1CCN(C(=O)CC(C)COC)c2ccccc21. The van der Waals surface area contributed by atoms with Gasteiger partial charge >= 0.3 is 0 Å². The van der Waals surface area contributed by atoms with Crippen molar-refractivity contribution in [1.29, 1.82) is 0 Å². The van der Waals surface area contributed by atoms with E-state index in [0.717, 1.165) is 18.7 Å². The van der Waals surface area contributed by atoms with E-state index in [2.05, 4.69) is 11.4 Å². The minimum Gasteiger partial charge on any atom is -0.384 e. The molecular weight excluding hydrogens is 252 g/mol. The van der Waals surface area contributed by atoms with Crippen LogP contribution >= 0.6 is 0 Å². The Kier molecular flexibility index (Phi) is 5.15. The molecule has 0 aliphatic carbocycles. The van der Waals surface area contributed by atoms with Crippen molar-refractivity contribution in [2.24, 2.45) is 5.92 Å². The lowest BCUT2D eigenvalue weighted by Gasteiger charge is -2.34. The van der Waals surface area contributed by atoms with Crippen molar-refractivity contribution >= 4 is 11.6 Å². The highest BCUT2D eigenvalue weighted by Gasteiger charge is 2.27. The molecule has 1 aliphatic heterocycles. The van der Waals surface area contributed by atoms with Gasteiger partial charge in [-0.2, -0.15) is 0 Å². The minimum atomic E-state index is 0.191. The second-order valence-electron chi connectivity index (χ2n) is 5.50. The number of rotatable bonds is 5. The lowest BCUT2D eigenvalue weighted by molar-refractivity contribution is -0.119. The number of hydrogen-bond acceptors (Lipinski definition) is 3. The molecule has 20 heavy (non-hydrogen) atoms. The Labute approximate surface area is 121 Å². The molecule has 1 aromatic carbocycles. The van der Waals surface area contributed by atoms with E-state index in [9.17, 15) is 4.79 Å². The fraction of sp³-hybridized carbons (Fsp3) is 0.562. The average molecular weight is 276 g/mol. The Morgan fingerprint density at radius 1 is 1.50 bits per heavy atom. The Morgan fingerprint density at radius 3 is 2.95 bits per heavy atom. The van der Waals surface area contributed by atoms with Gasteiger partial charge in [-0.15, -0.1) is 0 Å². The molecule has 2 unspecified atom stereocenters. The van der Waals surface area contributed by atoms with E-state index in [1.807, 2.05) is 37.1 Å². The molecule has 4 nitrogen and oxygen atoms in total. The van der Waals surface area contributed by atoms with Crippen molar-refractivity contribution < 1.29 is 9.53 Å². The summed E-state index contributed by atoms with van der Waals surface area (Å²) in [6, 6.07) is 8.51. The van der Waals surface area contributed by atoms with Crippen LogP contribution in [0.15, 0.2) is 24.3 Å². The molecular formula is C16H24N2O2. The first kappa shape index (κ1) is 15.0. The maximum Gasteiger partial charge on any atom is 0.227 e. The molecule has 0 fully saturated rings. The van der Waals surface area contributed by atoms with Crippen LogP contribution in [-0.2, 0) is 9.53 Å². The highest BCUT2D eigenvalue weighted by molar-refractivity contribution is 5.94. The largest absolute Gasteiger partial charge is 0.384 e. The molecule has 1 aliphatic rings. The van der Waals surface area contributed by atoms with E-state index in [4.69, 9.17) is 4.74 Å². The highest BCUT2D eigenvalue weighted by Crippen LogP contribution is 2.33. The Morgan fingerprint density at radius 2 is 2.25 bits per heavy atom. The lowest BCUT2D eigenvalue weighted by atomic mass is 9.95. The van der Waals surface area contributed by atoms with Crippen LogP contribution in [0.3, 0.4) is 0 Å². The molecule has 0 radical (unpaired) electrons. The molecule has 1 amide bonds. The molecule has 0 aromatic heterocycles. The van der Waals surface area contributed by atoms with Crippen LogP contribution in [0, 0.1) is 5.92 Å². The van der Waals surface area contributed by atoms with Gasteiger partial charge in [0.1, 0.15) is 0 Å². The molecule has 1 heterocycles. The third-order valence-corrected chi connectivity index (χ3v) is 3.87. The number of para-hydroxylation sites is 1. The number of carbonyl (C=O) groups excluding carboxylic acids is 1. The average Bonchev–Trinajstić information content (AvgIpc) is 2.46. The number of hydrogen-bond donors (Lipinski definition) is 1. The quantitative estimate of drug-likeness (QED) is 0.897. The smallest absolute Gasteiger partial charge is 0.227 e. The van der Waals surface area contributed by atoms with E-state index in [0.29, 0.717) is 19.1 Å². The van der Waals surface area contributed by atoms with Crippen molar-refractivity contribution in [2.75, 3.05) is 32.2 Å². The van der Waals surface area contributed by atoms with E-state index >= 15 is 0 Å². The van der Waals surface area contributed by atoms with E-state index in [1.165, 1.54) is 5.56 Å². The third kappa shape index (κ3) is 3.19. The van der Waals surface area contributed by atoms with Crippen LogP contribution in [-0.4, -0.2) is 33.2 Å². The zero-order chi connectivity index (χ0) is 14.5. The van der Waals surface area contributed by atoms with E-state index < -0.39 is 0 Å². The normalized spacial score (nSPS) is 19.6. The predicted molar refractivity (Wildman–Crippen MR) is 80.9 cm³/mol. The molecule has 2 rings (SSSR count). The molecule has 2 atom stereocenters. The van der Waals surface area contributed by atoms with Gasteiger partial charge in [0.05, 0.1) is 0 Å². The summed E-state index contributed by atoms with van der Waals surface area (Å²) in [6.07, 6.45) is 1.49. The number of methoxy groups -OCH3 is 1. The zero-order valence-electron chi connectivity index (χ0n) is 12.6. The third-order valence-electron chi connectivity index (χ3n) is 3.87. The molecule has 110 valence electrons. The van der Waals surface area contributed by atoms with Crippen molar-refractivity contribution in [3.8, 4) is 0 Å². The summed E-state index contributed by atoms with van der Waals surface area (Å²) >= 11 is 0. The molecule has 1 N–H and O–H groups in total. The first-order chi connectivity index (χ1) is 9.67. The van der Waals surface area contributed by atoms with Crippen molar-refractivity contribution in [3.63, 3.8) is 0 Å². The number of anilines is 1. The van der Waals surface area contributed by atoms with Gasteiger partial charge in [0.2, 0.25) is 5.91 Å². The van der Waals surface area contributed by atoms with Crippen LogP contribution in [0.25, 0.3) is 0 Å². The van der Waals surface area contributed by atoms with Crippen LogP contribution in [0.4, 0.5) is 5.69 Å². The van der Waals surface area contributed by atoms with Gasteiger partial charge in [-0.3, -0.25) is 4.79 Å². The number of ether oxygens (including phenoxy) is 1. The summed E-state index contributed by atoms with van der Waals surface area (Å²) < 4.78 is 5.12. The van der Waals surface area contributed by atoms with E-state index in [-0.39, 0.29) is 11.8 Å². The zero-order valence-corrected chi connectivity index (χ0v) is 12.6. The Balaban J connectivity index is 2.15. The molecule has 0 spiro atoms. The second-order valence-corrected chi connectivity index (χ2v) is 5.50. The van der Waals surface area contributed by atoms with Gasteiger partial charge in [0, 0.05) is 38.4 Å². The van der Waals surface area contributed by atoms with Crippen molar-refractivity contribution in [2.45, 2.75) is 25.8 Å². The van der Waals surface area contributed by atoms with Gasteiger partial charge < -0.3 is 15.0 Å². The summed E-state index contributed by atoms with van der Waals surface area (Å²) in [5.41, 5.74) is 2.27. The van der Waals surface area contributed by atoms with Crippen LogP contribution in [0.1, 0.15) is 31.4 Å². The number of nitrogens with one attached hydrogen (secondary N) is 1. The molecule has 0 saturated heterocycles. The first-order valence-corrected chi connectivity index (χ1v) is 7.22. The first-order valence-electron chi connectivity index (χ1n) is 7.22. The molecule has 0 saturated carbocycles. The summed E-state index contributed by atoms with van der Waals surface area (Å²) in [6.45, 7) is 3.45. The fourth-order valence-electron chi connectivity index (χ4n) is 2.87. The lowest BCUT2D eigenvalue weighted by Crippen LogP contribution is -2.39. The minimum absolute atomic E-state index is 0.191. The van der Waals surface area contributed by atoms with Gasteiger partial charge in [0.15, 0.2) is 0 Å². The van der Waals surface area contributed by atoms with Gasteiger partial charge in [-0.25, -0.2) is 0 Å². The van der Waals surface area contributed by atoms with Gasteiger partial charge in [-0.05, 0) is 31.0 Å². The summed E-state index contributed by atoms with van der Waals surface area (Å²) in [4.78, 5) is 14.4. The maximum absolute atomic E-state index is 12.5. The topological polar surface area (TPSA) is 41.6 Å². The van der Waals surface area contributed by atoms with Crippen molar-refractivity contribution in [1.82, 2.24) is 5.32 Å². The fourth-order valence-corrected chi connectivity index (χ4v) is 2.87. The van der Waals surface area contributed by atoms with Crippen LogP contribution in [0.5, 0.6) is 0 Å². The van der Waals surface area contributed by atoms with Gasteiger partial charge in [-0.1, -0.05) is 25.1 Å². The summed E-state index contributed by atoms with van der Waals surface area (Å²) in [7, 11) is 3.65. The Hall–Kier alpha value is -1.39. The summed E-state index contributed by atoms with van der Waals surface area (Å²) in [5.74, 6) is 0.443. The number of nitrogens with zero attached hydrogens (tertiary/aromatic N) is 1. The van der Waals surface area contributed by atoms with E-state index in [1.54, 1.807) is 7.11 Å². The number of carbonyl (C=O) groups is 1. The molecule has 4 heteroatoms. The number of amides is 1. The van der Waals surface area contributed by atoms with Crippen molar-refractivity contribution in [3.05, 3.63) is 29.8 Å². The second kappa shape index (κ2) is 6.86.